The average Bonchev–Trinajstić information content (AvgIpc) is 2.39. The van der Waals surface area contributed by atoms with Gasteiger partial charge in [0.25, 0.3) is 0 Å². The summed E-state index contributed by atoms with van der Waals surface area (Å²) in [7, 11) is 0. The lowest BCUT2D eigenvalue weighted by molar-refractivity contribution is -0.114. The number of rotatable bonds is 2. The highest BCUT2D eigenvalue weighted by Crippen LogP contribution is 2.40. The van der Waals surface area contributed by atoms with E-state index in [-0.39, 0.29) is 11.7 Å². The molecular formula is C13H15ClO2. The summed E-state index contributed by atoms with van der Waals surface area (Å²) in [6.07, 6.45) is 1.00. The van der Waals surface area contributed by atoms with Crippen LogP contribution in [0.4, 0.5) is 0 Å². The zero-order chi connectivity index (χ0) is 11.9. The fourth-order valence-electron chi connectivity index (χ4n) is 2.40. The number of aryl methyl sites for hydroxylation is 2. The van der Waals surface area contributed by atoms with Gasteiger partial charge in [-0.3, -0.25) is 4.79 Å². The third-order valence-electron chi connectivity index (χ3n) is 2.92. The van der Waals surface area contributed by atoms with E-state index in [9.17, 15) is 4.79 Å². The lowest BCUT2D eigenvalue weighted by Crippen LogP contribution is -2.32. The van der Waals surface area contributed by atoms with Gasteiger partial charge in [-0.05, 0) is 43.5 Å². The molecule has 0 bridgehead atoms. The Morgan fingerprint density at radius 3 is 2.81 bits per heavy atom. The van der Waals surface area contributed by atoms with Crippen molar-refractivity contribution < 1.29 is 9.53 Å². The van der Waals surface area contributed by atoms with Crippen LogP contribution in [0, 0.1) is 13.8 Å². The Balaban J connectivity index is 2.33. The van der Waals surface area contributed by atoms with E-state index in [0.717, 1.165) is 17.7 Å². The molecule has 2 rings (SSSR count). The first-order valence-corrected chi connectivity index (χ1v) is 5.75. The number of hydrogen-bond donors (Lipinski definition) is 0. The number of halogens is 1. The molecule has 3 heteroatoms. The zero-order valence-electron chi connectivity index (χ0n) is 9.76. The molecule has 0 fully saturated rings. The lowest BCUT2D eigenvalue weighted by Gasteiger charge is -2.22. The molecule has 0 amide bonds. The van der Waals surface area contributed by atoms with Crippen LogP contribution in [0.1, 0.15) is 30.0 Å². The Bertz CT molecular complexity index is 453. The first kappa shape index (κ1) is 11.5. The quantitative estimate of drug-likeness (QED) is 0.740. The van der Waals surface area contributed by atoms with Crippen molar-refractivity contribution in [3.8, 4) is 5.75 Å². The molecule has 0 radical (unpaired) electrons. The highest BCUT2D eigenvalue weighted by atomic mass is 35.5. The molecule has 1 unspecified atom stereocenters. The highest BCUT2D eigenvalue weighted by Gasteiger charge is 2.37. The fraction of sp³-hybridized carbons (Fsp3) is 0.462. The second-order valence-electron chi connectivity index (χ2n) is 4.83. The number of ether oxygens (including phenoxy) is 1. The second kappa shape index (κ2) is 3.77. The van der Waals surface area contributed by atoms with Gasteiger partial charge in [-0.25, -0.2) is 0 Å². The largest absolute Gasteiger partial charge is 0.486 e. The molecule has 86 valence electrons. The van der Waals surface area contributed by atoms with Crippen molar-refractivity contribution in [1.82, 2.24) is 0 Å². The van der Waals surface area contributed by atoms with Crippen LogP contribution in [-0.4, -0.2) is 10.8 Å². The van der Waals surface area contributed by atoms with Gasteiger partial charge in [-0.15, -0.1) is 0 Å². The van der Waals surface area contributed by atoms with Crippen molar-refractivity contribution in [2.75, 3.05) is 0 Å². The summed E-state index contributed by atoms with van der Waals surface area (Å²) in [5.41, 5.74) is 3.06. The van der Waals surface area contributed by atoms with E-state index >= 15 is 0 Å². The number of hydrogen-bond acceptors (Lipinski definition) is 2. The lowest BCUT2D eigenvalue weighted by atomic mass is 9.95. The summed E-state index contributed by atoms with van der Waals surface area (Å²) in [6, 6.07) is 4.21. The van der Waals surface area contributed by atoms with Crippen molar-refractivity contribution in [3.05, 3.63) is 28.8 Å². The topological polar surface area (TPSA) is 26.3 Å². The summed E-state index contributed by atoms with van der Waals surface area (Å²) in [5, 5.41) is -0.343. The van der Waals surface area contributed by atoms with Crippen LogP contribution in [-0.2, 0) is 11.2 Å². The van der Waals surface area contributed by atoms with Crippen molar-refractivity contribution in [2.24, 2.45) is 0 Å². The van der Waals surface area contributed by atoms with Crippen molar-refractivity contribution in [3.63, 3.8) is 0 Å². The molecule has 1 aromatic rings. The monoisotopic (exact) mass is 238 g/mol. The Labute approximate surface area is 101 Å². The molecule has 0 saturated heterocycles. The molecule has 1 aliphatic rings. The summed E-state index contributed by atoms with van der Waals surface area (Å²) in [4.78, 5) is 11.0. The molecule has 1 aromatic carbocycles. The summed E-state index contributed by atoms with van der Waals surface area (Å²) >= 11 is 5.44. The van der Waals surface area contributed by atoms with Gasteiger partial charge < -0.3 is 4.74 Å². The first-order chi connectivity index (χ1) is 7.39. The second-order valence-corrected chi connectivity index (χ2v) is 5.25. The Morgan fingerprint density at radius 2 is 2.19 bits per heavy atom. The molecule has 16 heavy (non-hydrogen) atoms. The Hall–Kier alpha value is -1.02. The van der Waals surface area contributed by atoms with E-state index in [1.165, 1.54) is 11.1 Å². The molecule has 0 aromatic heterocycles. The van der Waals surface area contributed by atoms with Gasteiger partial charge in [0.2, 0.25) is 5.24 Å². The van der Waals surface area contributed by atoms with Gasteiger partial charge in [-0.1, -0.05) is 17.7 Å². The summed E-state index contributed by atoms with van der Waals surface area (Å²) in [5.74, 6) is 0.922. The molecule has 1 heterocycles. The smallest absolute Gasteiger partial charge is 0.225 e. The van der Waals surface area contributed by atoms with Gasteiger partial charge >= 0.3 is 0 Å². The van der Waals surface area contributed by atoms with Gasteiger partial charge in [0.05, 0.1) is 6.42 Å². The maximum Gasteiger partial charge on any atom is 0.225 e. The van der Waals surface area contributed by atoms with Gasteiger partial charge in [0.1, 0.15) is 11.4 Å². The van der Waals surface area contributed by atoms with Gasteiger partial charge in [0, 0.05) is 6.42 Å². The third-order valence-corrected chi connectivity index (χ3v) is 3.06. The van der Waals surface area contributed by atoms with Gasteiger partial charge in [0.15, 0.2) is 0 Å². The van der Waals surface area contributed by atoms with Crippen molar-refractivity contribution >= 4 is 16.8 Å². The van der Waals surface area contributed by atoms with Gasteiger partial charge in [-0.2, -0.15) is 0 Å². The number of fused-ring (bicyclic) bond motifs is 1. The predicted octanol–water partition coefficient (Wildman–Crippen LogP) is 3.15. The van der Waals surface area contributed by atoms with Crippen molar-refractivity contribution in [1.29, 1.82) is 0 Å². The van der Waals surface area contributed by atoms with Crippen LogP contribution >= 0.6 is 11.6 Å². The molecular weight excluding hydrogens is 224 g/mol. The number of carbonyl (C=O) groups is 1. The van der Waals surface area contributed by atoms with Crippen LogP contribution in [0.25, 0.3) is 0 Å². The highest BCUT2D eigenvalue weighted by molar-refractivity contribution is 6.63. The fourth-order valence-corrected chi connectivity index (χ4v) is 2.68. The van der Waals surface area contributed by atoms with Crippen molar-refractivity contribution in [2.45, 2.75) is 39.2 Å². The number of carbonyl (C=O) groups excluding carboxylic acids is 1. The van der Waals surface area contributed by atoms with Crippen LogP contribution in [0.15, 0.2) is 12.1 Å². The Morgan fingerprint density at radius 1 is 1.50 bits per heavy atom. The van der Waals surface area contributed by atoms with E-state index in [0.29, 0.717) is 0 Å². The maximum atomic E-state index is 11.0. The normalized spacial score (nSPS) is 22.8. The minimum absolute atomic E-state index is 0.252. The molecule has 1 aliphatic heterocycles. The molecule has 0 saturated carbocycles. The molecule has 0 aliphatic carbocycles. The third kappa shape index (κ3) is 2.07. The zero-order valence-corrected chi connectivity index (χ0v) is 10.5. The first-order valence-electron chi connectivity index (χ1n) is 5.37. The van der Waals surface area contributed by atoms with E-state index in [2.05, 4.69) is 19.1 Å². The van der Waals surface area contributed by atoms with Crippen LogP contribution in [0.2, 0.25) is 0 Å². The summed E-state index contributed by atoms with van der Waals surface area (Å²) < 4.78 is 5.89. The minimum atomic E-state index is -0.473. The van der Waals surface area contributed by atoms with E-state index in [1.807, 2.05) is 13.8 Å². The van der Waals surface area contributed by atoms with Crippen LogP contribution in [0.5, 0.6) is 5.75 Å². The van der Waals surface area contributed by atoms with Crippen LogP contribution in [0.3, 0.4) is 0 Å². The maximum absolute atomic E-state index is 11.0. The predicted molar refractivity (Wildman–Crippen MR) is 64.1 cm³/mol. The molecule has 1 atom stereocenters. The summed E-state index contributed by atoms with van der Waals surface area (Å²) in [6.45, 7) is 6.03. The Kier molecular flexibility index (Phi) is 2.70. The SMILES string of the molecule is Cc1cc(C)c2c(c1)CC(C)(CC(=O)Cl)O2. The average molecular weight is 239 g/mol. The molecule has 0 N–H and O–H groups in total. The minimum Gasteiger partial charge on any atom is -0.486 e. The van der Waals surface area contributed by atoms with E-state index in [1.54, 1.807) is 0 Å². The van der Waals surface area contributed by atoms with Crippen LogP contribution < -0.4 is 4.74 Å². The number of benzene rings is 1. The molecule has 0 spiro atoms. The molecule has 2 nitrogen and oxygen atoms in total. The van der Waals surface area contributed by atoms with E-state index < -0.39 is 5.60 Å². The van der Waals surface area contributed by atoms with E-state index in [4.69, 9.17) is 16.3 Å². The standard InChI is InChI=1S/C13H15ClO2/c1-8-4-9(2)12-10(5-8)6-13(3,16-12)7-11(14)15/h4-5H,6-7H2,1-3H3.